The standard InChI is InChI=1S/C53H52N4O11/c54-57-56-44-47(60-31-37-20-8-2-9-21-37)45(66-50(58)41-28-16-17-29-55-41)42(34-59-30-36-18-6-1-7-19-36)64-52(44)68-53-49(62-33-39-24-12-4-13-25-39)48(61-32-38-22-10-3-11-23-38)46-43(65-53)35-63-51(67-46)40-26-14-5-15-27-40/h1-29,42-49,51-53H,30-35H2/t42-,43-,44-,45-,46-,47-,48+,49-,51?,52-,53-/m1/s1. The van der Waals surface area contributed by atoms with Crippen LogP contribution in [-0.4, -0.2) is 85.5 Å². The summed E-state index contributed by atoms with van der Waals surface area (Å²) in [6.07, 6.45) is -8.30. The highest BCUT2D eigenvalue weighted by Gasteiger charge is 2.55. The molecule has 11 atom stereocenters. The van der Waals surface area contributed by atoms with Gasteiger partial charge in [0.25, 0.3) is 0 Å². The van der Waals surface area contributed by atoms with Crippen molar-refractivity contribution in [2.24, 2.45) is 5.11 Å². The maximum atomic E-state index is 13.9. The molecule has 0 radical (unpaired) electrons. The topological polar surface area (TPSA) is 171 Å². The molecule has 3 fully saturated rings. The molecule has 5 aromatic carbocycles. The number of esters is 1. The number of rotatable bonds is 19. The molecule has 3 aliphatic rings. The summed E-state index contributed by atoms with van der Waals surface area (Å²) in [7, 11) is 0. The maximum absolute atomic E-state index is 13.9. The second kappa shape index (κ2) is 23.6. The quantitative estimate of drug-likeness (QED) is 0.0328. The van der Waals surface area contributed by atoms with Crippen LogP contribution in [0.4, 0.5) is 0 Å². The van der Waals surface area contributed by atoms with Crippen molar-refractivity contribution in [2.75, 3.05) is 13.2 Å². The van der Waals surface area contributed by atoms with Gasteiger partial charge in [-0.2, -0.15) is 0 Å². The van der Waals surface area contributed by atoms with E-state index in [0.29, 0.717) is 0 Å². The summed E-state index contributed by atoms with van der Waals surface area (Å²) < 4.78 is 66.4. The molecule has 0 N–H and O–H groups in total. The molecule has 0 saturated carbocycles. The van der Waals surface area contributed by atoms with E-state index in [-0.39, 0.29) is 45.3 Å². The van der Waals surface area contributed by atoms with E-state index >= 15 is 0 Å². The lowest BCUT2D eigenvalue weighted by Gasteiger charge is -2.50. The number of fused-ring (bicyclic) bond motifs is 1. The van der Waals surface area contributed by atoms with Gasteiger partial charge in [-0.3, -0.25) is 0 Å². The third-order valence-electron chi connectivity index (χ3n) is 11.8. The fourth-order valence-corrected chi connectivity index (χ4v) is 8.42. The van der Waals surface area contributed by atoms with E-state index in [4.69, 9.17) is 47.4 Å². The van der Waals surface area contributed by atoms with Crippen LogP contribution >= 0.6 is 0 Å². The minimum absolute atomic E-state index is 0.0596. The number of hydrogen-bond donors (Lipinski definition) is 0. The van der Waals surface area contributed by atoms with Crippen LogP contribution in [0, 0.1) is 0 Å². The highest BCUT2D eigenvalue weighted by molar-refractivity contribution is 5.87. The molecule has 3 aliphatic heterocycles. The SMILES string of the molecule is [N-]=[N+]=N[C@H]1[C@@H](O[C@H]2O[C@@H]3COC(c4ccccc4)O[C@H]3[C@H](OCc3ccccc3)[C@H]2OCc2ccccc2)O[C@H](COCc2ccccc2)[C@@H](OC(=O)c2ccccn2)[C@@H]1OCc1ccccc1. The van der Waals surface area contributed by atoms with Gasteiger partial charge in [-0.15, -0.1) is 0 Å². The second-order valence-electron chi connectivity index (χ2n) is 16.5. The van der Waals surface area contributed by atoms with E-state index in [1.54, 1.807) is 18.2 Å². The zero-order valence-electron chi connectivity index (χ0n) is 37.1. The molecule has 0 aliphatic carbocycles. The molecule has 3 saturated heterocycles. The van der Waals surface area contributed by atoms with E-state index in [1.165, 1.54) is 6.20 Å². The third-order valence-corrected chi connectivity index (χ3v) is 11.8. The first-order chi connectivity index (χ1) is 33.6. The lowest BCUT2D eigenvalue weighted by Crippen LogP contribution is -2.66. The van der Waals surface area contributed by atoms with Gasteiger partial charge in [-0.05, 0) is 39.9 Å². The van der Waals surface area contributed by atoms with Gasteiger partial charge in [0, 0.05) is 16.7 Å². The molecule has 15 nitrogen and oxygen atoms in total. The number of benzene rings is 5. The van der Waals surface area contributed by atoms with Gasteiger partial charge < -0.3 is 47.4 Å². The number of azide groups is 1. The molecule has 68 heavy (non-hydrogen) atoms. The Morgan fingerprint density at radius 2 is 1.15 bits per heavy atom. The lowest BCUT2D eigenvalue weighted by molar-refractivity contribution is -0.399. The summed E-state index contributed by atoms with van der Waals surface area (Å²) in [5.74, 6) is -0.736. The molecule has 0 amide bonds. The van der Waals surface area contributed by atoms with Gasteiger partial charge in [0.15, 0.2) is 25.0 Å². The molecular weight excluding hydrogens is 869 g/mol. The summed E-state index contributed by atoms with van der Waals surface area (Å²) >= 11 is 0. The molecular formula is C53H52N4O11. The summed E-state index contributed by atoms with van der Waals surface area (Å²) in [6, 6.07) is 52.0. The Labute approximate surface area is 394 Å². The third kappa shape index (κ3) is 12.0. The molecule has 4 heterocycles. The van der Waals surface area contributed by atoms with E-state index in [9.17, 15) is 10.3 Å². The Morgan fingerprint density at radius 1 is 0.603 bits per heavy atom. The number of ether oxygens (including phenoxy) is 10. The average Bonchev–Trinajstić information content (AvgIpc) is 3.40. The van der Waals surface area contributed by atoms with Crippen molar-refractivity contribution in [3.05, 3.63) is 220 Å². The first-order valence-electron chi connectivity index (χ1n) is 22.6. The summed E-state index contributed by atoms with van der Waals surface area (Å²) in [4.78, 5) is 21.3. The van der Waals surface area contributed by atoms with E-state index in [2.05, 4.69) is 15.0 Å². The molecule has 6 aromatic rings. The summed E-state index contributed by atoms with van der Waals surface area (Å²) in [6.45, 7) is 0.690. The number of carbonyl (C=O) groups is 1. The van der Waals surface area contributed by atoms with Gasteiger partial charge in [0.05, 0.1) is 39.6 Å². The van der Waals surface area contributed by atoms with Crippen LogP contribution < -0.4 is 0 Å². The van der Waals surface area contributed by atoms with Gasteiger partial charge in [0.2, 0.25) is 0 Å². The van der Waals surface area contributed by atoms with E-state index < -0.39 is 73.6 Å². The Bertz CT molecular complexity index is 2500. The largest absolute Gasteiger partial charge is 0.452 e. The zero-order valence-corrected chi connectivity index (χ0v) is 37.1. The van der Waals surface area contributed by atoms with E-state index in [0.717, 1.165) is 27.8 Å². The number of hydrogen-bond acceptors (Lipinski definition) is 13. The maximum Gasteiger partial charge on any atom is 0.357 e. The van der Waals surface area contributed by atoms with E-state index in [1.807, 2.05) is 152 Å². The highest BCUT2D eigenvalue weighted by Crippen LogP contribution is 2.40. The van der Waals surface area contributed by atoms with Crippen molar-refractivity contribution in [2.45, 2.75) is 94.1 Å². The van der Waals surface area contributed by atoms with Gasteiger partial charge in [-0.1, -0.05) is 163 Å². The minimum atomic E-state index is -1.37. The summed E-state index contributed by atoms with van der Waals surface area (Å²) in [5.41, 5.74) is 14.7. The average molecular weight is 921 g/mol. The van der Waals surface area contributed by atoms with Gasteiger partial charge >= 0.3 is 5.97 Å². The molecule has 15 heteroatoms. The van der Waals surface area contributed by atoms with Crippen molar-refractivity contribution >= 4 is 5.97 Å². The fraction of sp³-hybridized carbons (Fsp3) is 0.321. The Balaban J connectivity index is 1.07. The van der Waals surface area contributed by atoms with Crippen LogP contribution in [0.2, 0.25) is 0 Å². The van der Waals surface area contributed by atoms with Crippen LogP contribution in [0.5, 0.6) is 0 Å². The van der Waals surface area contributed by atoms with Gasteiger partial charge in [0.1, 0.15) is 48.4 Å². The first-order valence-corrected chi connectivity index (χ1v) is 22.6. The molecule has 0 bridgehead atoms. The predicted octanol–water partition coefficient (Wildman–Crippen LogP) is 8.84. The smallest absolute Gasteiger partial charge is 0.357 e. The van der Waals surface area contributed by atoms with Crippen molar-refractivity contribution in [1.29, 1.82) is 0 Å². The number of aromatic nitrogens is 1. The lowest BCUT2D eigenvalue weighted by atomic mass is 9.95. The minimum Gasteiger partial charge on any atom is -0.452 e. The predicted molar refractivity (Wildman–Crippen MR) is 246 cm³/mol. The Kier molecular flexibility index (Phi) is 16.2. The normalized spacial score (nSPS) is 26.7. The van der Waals surface area contributed by atoms with Crippen LogP contribution in [0.1, 0.15) is 44.6 Å². The number of nitrogens with zero attached hydrogens (tertiary/aromatic N) is 4. The number of pyridine rings is 1. The fourth-order valence-electron chi connectivity index (χ4n) is 8.42. The van der Waals surface area contributed by atoms with Crippen LogP contribution in [0.15, 0.2) is 181 Å². The highest BCUT2D eigenvalue weighted by atomic mass is 16.8. The van der Waals surface area contributed by atoms with Crippen molar-refractivity contribution < 1.29 is 52.2 Å². The van der Waals surface area contributed by atoms with Crippen LogP contribution in [0.25, 0.3) is 10.4 Å². The number of carbonyl (C=O) groups excluding carboxylic acids is 1. The van der Waals surface area contributed by atoms with Crippen molar-refractivity contribution in [3.8, 4) is 0 Å². The van der Waals surface area contributed by atoms with Gasteiger partial charge in [-0.25, -0.2) is 9.78 Å². The Hall–Kier alpha value is -6.33. The molecule has 350 valence electrons. The monoisotopic (exact) mass is 920 g/mol. The molecule has 0 spiro atoms. The first kappa shape index (κ1) is 46.8. The zero-order chi connectivity index (χ0) is 46.3. The van der Waals surface area contributed by atoms with Crippen molar-refractivity contribution in [1.82, 2.24) is 4.98 Å². The van der Waals surface area contributed by atoms with Crippen LogP contribution in [-0.2, 0) is 73.8 Å². The molecule has 1 aromatic heterocycles. The molecule has 9 rings (SSSR count). The van der Waals surface area contributed by atoms with Crippen molar-refractivity contribution in [3.63, 3.8) is 0 Å². The second-order valence-corrected chi connectivity index (χ2v) is 16.5. The molecule has 1 unspecified atom stereocenters. The summed E-state index contributed by atoms with van der Waals surface area (Å²) in [5, 5.41) is 4.24. The van der Waals surface area contributed by atoms with Crippen LogP contribution in [0.3, 0.4) is 0 Å². The Morgan fingerprint density at radius 3 is 1.72 bits per heavy atom.